The fraction of sp³-hybridized carbons (Fsp3) is 0.316. The van der Waals surface area contributed by atoms with E-state index < -0.39 is 22.5 Å². The van der Waals surface area contributed by atoms with Crippen LogP contribution in [0.1, 0.15) is 24.9 Å². The Balaban J connectivity index is 2.20. The molecule has 2 aromatic rings. The molecule has 28 heavy (non-hydrogen) atoms. The lowest BCUT2D eigenvalue weighted by atomic mass is 10.0. The lowest BCUT2D eigenvalue weighted by molar-refractivity contribution is -0.120. The van der Waals surface area contributed by atoms with Crippen molar-refractivity contribution in [2.24, 2.45) is 0 Å². The molecule has 0 aliphatic rings. The van der Waals surface area contributed by atoms with E-state index in [2.05, 4.69) is 5.32 Å². The Bertz CT molecular complexity index is 933. The third-order valence-electron chi connectivity index (χ3n) is 4.13. The van der Waals surface area contributed by atoms with E-state index in [4.69, 9.17) is 27.9 Å². The summed E-state index contributed by atoms with van der Waals surface area (Å²) in [5.74, 6) is 0.268. The van der Waals surface area contributed by atoms with E-state index in [0.717, 1.165) is 16.1 Å². The van der Waals surface area contributed by atoms with E-state index in [9.17, 15) is 13.2 Å². The Morgan fingerprint density at radius 2 is 1.82 bits per heavy atom. The van der Waals surface area contributed by atoms with Gasteiger partial charge in [-0.25, -0.2) is 8.42 Å². The number of amides is 1. The van der Waals surface area contributed by atoms with Crippen LogP contribution in [0.5, 0.6) is 5.75 Å². The predicted octanol–water partition coefficient (Wildman–Crippen LogP) is 4.04. The van der Waals surface area contributed by atoms with E-state index in [0.29, 0.717) is 17.2 Å². The van der Waals surface area contributed by atoms with Crippen molar-refractivity contribution in [3.8, 4) is 5.75 Å². The number of nitrogens with one attached hydrogen (secondary N) is 1. The van der Waals surface area contributed by atoms with Crippen molar-refractivity contribution in [2.45, 2.75) is 19.4 Å². The van der Waals surface area contributed by atoms with Gasteiger partial charge in [-0.2, -0.15) is 0 Å². The van der Waals surface area contributed by atoms with Gasteiger partial charge in [0.05, 0.1) is 30.1 Å². The molecule has 1 atom stereocenters. The Morgan fingerprint density at radius 1 is 1.18 bits per heavy atom. The highest BCUT2D eigenvalue weighted by Crippen LogP contribution is 2.30. The Morgan fingerprint density at radius 3 is 2.32 bits per heavy atom. The lowest BCUT2D eigenvalue weighted by Crippen LogP contribution is -2.41. The fourth-order valence-electron chi connectivity index (χ4n) is 2.69. The van der Waals surface area contributed by atoms with Gasteiger partial charge in [0.1, 0.15) is 12.3 Å². The number of carbonyl (C=O) groups is 1. The number of methoxy groups -OCH3 is 1. The first-order valence-electron chi connectivity index (χ1n) is 8.51. The molecule has 1 N–H and O–H groups in total. The molecule has 9 heteroatoms. The number of nitrogens with zero attached hydrogens (tertiary/aromatic N) is 1. The highest BCUT2D eigenvalue weighted by molar-refractivity contribution is 7.92. The number of sulfonamides is 1. The van der Waals surface area contributed by atoms with Crippen molar-refractivity contribution in [1.29, 1.82) is 0 Å². The van der Waals surface area contributed by atoms with Crippen LogP contribution in [0.15, 0.2) is 42.5 Å². The molecule has 0 bridgehead atoms. The summed E-state index contributed by atoms with van der Waals surface area (Å²) in [6.07, 6.45) is 1.66. The van der Waals surface area contributed by atoms with Crippen molar-refractivity contribution in [2.75, 3.05) is 24.2 Å². The molecule has 0 aliphatic heterocycles. The largest absolute Gasteiger partial charge is 0.497 e. The van der Waals surface area contributed by atoms with E-state index >= 15 is 0 Å². The topological polar surface area (TPSA) is 75.7 Å². The highest BCUT2D eigenvalue weighted by atomic mass is 35.5. The summed E-state index contributed by atoms with van der Waals surface area (Å²) >= 11 is 12.0. The SMILES string of the molecule is CC[C@H](NC(=O)CN(c1ccc(Cl)cc1Cl)S(C)(=O)=O)c1ccc(OC)cc1. The zero-order valence-corrected chi connectivity index (χ0v) is 18.1. The van der Waals surface area contributed by atoms with Gasteiger partial charge in [-0.05, 0) is 42.3 Å². The number of halogens is 2. The minimum atomic E-state index is -3.74. The number of anilines is 1. The predicted molar refractivity (Wildman–Crippen MR) is 113 cm³/mol. The molecule has 0 aromatic heterocycles. The second kappa shape index (κ2) is 9.49. The maximum atomic E-state index is 12.6. The third-order valence-corrected chi connectivity index (χ3v) is 5.79. The highest BCUT2D eigenvalue weighted by Gasteiger charge is 2.24. The van der Waals surface area contributed by atoms with Crippen LogP contribution < -0.4 is 14.4 Å². The summed E-state index contributed by atoms with van der Waals surface area (Å²) in [6.45, 7) is 1.53. The summed E-state index contributed by atoms with van der Waals surface area (Å²) < 4.78 is 30.6. The molecule has 0 saturated carbocycles. The smallest absolute Gasteiger partial charge is 0.241 e. The van der Waals surface area contributed by atoms with Gasteiger partial charge in [0.2, 0.25) is 15.9 Å². The molecule has 2 rings (SSSR count). The van der Waals surface area contributed by atoms with Gasteiger partial charge in [-0.1, -0.05) is 42.3 Å². The number of hydrogen-bond acceptors (Lipinski definition) is 4. The van der Waals surface area contributed by atoms with Crippen LogP contribution in [-0.2, 0) is 14.8 Å². The Kier molecular flexibility index (Phi) is 7.57. The van der Waals surface area contributed by atoms with Gasteiger partial charge < -0.3 is 10.1 Å². The van der Waals surface area contributed by atoms with E-state index in [1.807, 2.05) is 19.1 Å². The van der Waals surface area contributed by atoms with Crippen LogP contribution in [0.4, 0.5) is 5.69 Å². The number of rotatable bonds is 8. The van der Waals surface area contributed by atoms with Crippen LogP contribution in [0.25, 0.3) is 0 Å². The van der Waals surface area contributed by atoms with Gasteiger partial charge in [-0.3, -0.25) is 9.10 Å². The molecule has 6 nitrogen and oxygen atoms in total. The Labute approximate surface area is 175 Å². The first-order chi connectivity index (χ1) is 13.2. The zero-order valence-electron chi connectivity index (χ0n) is 15.8. The van der Waals surface area contributed by atoms with Gasteiger partial charge >= 0.3 is 0 Å². The van der Waals surface area contributed by atoms with Crippen molar-refractivity contribution < 1.29 is 17.9 Å². The van der Waals surface area contributed by atoms with Crippen molar-refractivity contribution in [3.63, 3.8) is 0 Å². The van der Waals surface area contributed by atoms with E-state index in [-0.39, 0.29) is 16.8 Å². The molecule has 0 unspecified atom stereocenters. The Hall–Kier alpha value is -1.96. The van der Waals surface area contributed by atoms with Gasteiger partial charge in [0.25, 0.3) is 0 Å². The summed E-state index contributed by atoms with van der Waals surface area (Å²) in [7, 11) is -2.16. The van der Waals surface area contributed by atoms with Crippen LogP contribution >= 0.6 is 23.2 Å². The zero-order chi connectivity index (χ0) is 20.9. The second-order valence-corrected chi connectivity index (χ2v) is 8.92. The van der Waals surface area contributed by atoms with Gasteiger partial charge in [-0.15, -0.1) is 0 Å². The molecule has 152 valence electrons. The lowest BCUT2D eigenvalue weighted by Gasteiger charge is -2.25. The van der Waals surface area contributed by atoms with E-state index in [1.54, 1.807) is 19.2 Å². The van der Waals surface area contributed by atoms with Crippen LogP contribution in [-0.4, -0.2) is 34.2 Å². The second-order valence-electron chi connectivity index (χ2n) is 6.17. The monoisotopic (exact) mass is 444 g/mol. The number of carbonyl (C=O) groups excluding carboxylic acids is 1. The third kappa shape index (κ3) is 5.77. The summed E-state index contributed by atoms with van der Waals surface area (Å²) in [6, 6.07) is 11.5. The molecule has 1 amide bonds. The van der Waals surface area contributed by atoms with Crippen molar-refractivity contribution >= 4 is 44.8 Å². The average Bonchev–Trinajstić information content (AvgIpc) is 2.64. The molecule has 0 radical (unpaired) electrons. The minimum Gasteiger partial charge on any atom is -0.497 e. The fourth-order valence-corrected chi connectivity index (χ4v) is 4.12. The van der Waals surface area contributed by atoms with E-state index in [1.165, 1.54) is 18.2 Å². The molecule has 0 heterocycles. The molecule has 0 aliphatic carbocycles. The van der Waals surface area contributed by atoms with Gasteiger partial charge in [0, 0.05) is 5.02 Å². The standard InChI is InChI=1S/C19H22Cl2N2O4S/c1-4-17(13-5-8-15(27-2)9-6-13)22-19(24)12-23(28(3,25)26)18-10-7-14(20)11-16(18)21/h5-11,17H,4,12H2,1-3H3,(H,22,24)/t17-/m0/s1. The number of ether oxygens (including phenoxy) is 1. The summed E-state index contributed by atoms with van der Waals surface area (Å²) in [5, 5.41) is 3.39. The average molecular weight is 445 g/mol. The maximum absolute atomic E-state index is 12.6. The number of benzene rings is 2. The first-order valence-corrected chi connectivity index (χ1v) is 11.1. The van der Waals surface area contributed by atoms with Crippen LogP contribution in [0.3, 0.4) is 0 Å². The molecule has 2 aromatic carbocycles. The molecular weight excluding hydrogens is 423 g/mol. The summed E-state index contributed by atoms with van der Waals surface area (Å²) in [5.41, 5.74) is 1.09. The van der Waals surface area contributed by atoms with Crippen molar-refractivity contribution in [3.05, 3.63) is 58.1 Å². The minimum absolute atomic E-state index is 0.146. The van der Waals surface area contributed by atoms with Crippen LogP contribution in [0.2, 0.25) is 10.0 Å². The normalized spacial score (nSPS) is 12.3. The molecule has 0 fully saturated rings. The first kappa shape index (κ1) is 22.3. The molecule has 0 spiro atoms. The maximum Gasteiger partial charge on any atom is 0.241 e. The van der Waals surface area contributed by atoms with Crippen molar-refractivity contribution in [1.82, 2.24) is 5.32 Å². The molecule has 0 saturated heterocycles. The number of hydrogen-bond donors (Lipinski definition) is 1. The summed E-state index contributed by atoms with van der Waals surface area (Å²) in [4.78, 5) is 12.6. The molecular formula is C19H22Cl2N2O4S. The van der Waals surface area contributed by atoms with Gasteiger partial charge in [0.15, 0.2) is 0 Å². The quantitative estimate of drug-likeness (QED) is 0.666. The van der Waals surface area contributed by atoms with Crippen LogP contribution in [0, 0.1) is 0 Å².